The molecule has 1 N–H and O–H groups in total. The highest BCUT2D eigenvalue weighted by Crippen LogP contribution is 2.40. The second-order valence-corrected chi connectivity index (χ2v) is 10.9. The molecule has 6 nitrogen and oxygen atoms in total. The maximum absolute atomic E-state index is 13.5. The summed E-state index contributed by atoms with van der Waals surface area (Å²) in [7, 11) is -0.532. The van der Waals surface area contributed by atoms with Crippen LogP contribution in [0, 0.1) is 0 Å². The number of hydrogen-bond donors (Lipinski definition) is 1. The van der Waals surface area contributed by atoms with Crippen LogP contribution >= 0.6 is 23.2 Å². The number of nitrogens with one attached hydrogen (secondary N) is 1. The molecule has 0 aromatic heterocycles. The minimum Gasteiger partial charge on any atom is -0.381 e. The van der Waals surface area contributed by atoms with E-state index in [1.165, 1.54) is 14.1 Å². The van der Waals surface area contributed by atoms with Crippen LogP contribution in [-0.4, -0.2) is 45.9 Å². The molecule has 1 atom stereocenters. The zero-order chi connectivity index (χ0) is 22.8. The lowest BCUT2D eigenvalue weighted by atomic mass is 9.73. The van der Waals surface area contributed by atoms with Gasteiger partial charge in [0.15, 0.2) is 0 Å². The molecule has 1 amide bonds. The molecule has 9 heteroatoms. The van der Waals surface area contributed by atoms with Crippen molar-refractivity contribution in [1.82, 2.24) is 9.62 Å². The Hall–Kier alpha value is -1.64. The summed E-state index contributed by atoms with van der Waals surface area (Å²) in [6, 6.07) is 11.4. The van der Waals surface area contributed by atoms with Crippen molar-refractivity contribution in [2.45, 2.75) is 36.1 Å². The Morgan fingerprint density at radius 2 is 1.71 bits per heavy atom. The van der Waals surface area contributed by atoms with E-state index in [2.05, 4.69) is 5.32 Å². The van der Waals surface area contributed by atoms with Gasteiger partial charge >= 0.3 is 0 Å². The van der Waals surface area contributed by atoms with Crippen LogP contribution in [0.2, 0.25) is 10.0 Å². The molecule has 0 saturated carbocycles. The van der Waals surface area contributed by atoms with Gasteiger partial charge in [0.05, 0.1) is 16.4 Å². The fourth-order valence-electron chi connectivity index (χ4n) is 3.77. The molecule has 2 aromatic carbocycles. The SMILES string of the molecule is CC(NC(=O)C1(c2ccc(Cl)cc2Cl)CCOCC1)c1ccc(S(=O)(=O)N(C)C)cc1. The summed E-state index contributed by atoms with van der Waals surface area (Å²) in [5, 5.41) is 4.05. The molecule has 1 heterocycles. The first-order valence-corrected chi connectivity index (χ1v) is 12.1. The highest BCUT2D eigenvalue weighted by molar-refractivity contribution is 7.89. The van der Waals surface area contributed by atoms with E-state index in [0.717, 1.165) is 15.4 Å². The maximum Gasteiger partial charge on any atom is 0.242 e. The van der Waals surface area contributed by atoms with E-state index in [1.54, 1.807) is 42.5 Å². The predicted octanol–water partition coefficient (Wildman–Crippen LogP) is 4.17. The number of sulfonamides is 1. The molecule has 1 fully saturated rings. The molecule has 0 radical (unpaired) electrons. The quantitative estimate of drug-likeness (QED) is 0.667. The van der Waals surface area contributed by atoms with E-state index in [4.69, 9.17) is 27.9 Å². The van der Waals surface area contributed by atoms with Crippen molar-refractivity contribution in [3.05, 3.63) is 63.6 Å². The number of halogens is 2. The van der Waals surface area contributed by atoms with Gasteiger partial charge in [0.1, 0.15) is 0 Å². The summed E-state index contributed by atoms with van der Waals surface area (Å²) < 4.78 is 31.2. The van der Waals surface area contributed by atoms with Gasteiger partial charge in [0, 0.05) is 37.4 Å². The number of rotatable bonds is 6. The molecule has 2 aromatic rings. The van der Waals surface area contributed by atoms with Gasteiger partial charge < -0.3 is 10.1 Å². The molecule has 0 spiro atoms. The smallest absolute Gasteiger partial charge is 0.242 e. The van der Waals surface area contributed by atoms with Gasteiger partial charge in [-0.3, -0.25) is 4.79 Å². The van der Waals surface area contributed by atoms with Gasteiger partial charge in [-0.15, -0.1) is 0 Å². The molecule has 0 bridgehead atoms. The van der Waals surface area contributed by atoms with Gasteiger partial charge in [0.25, 0.3) is 0 Å². The molecule has 0 aliphatic carbocycles. The first kappa shape index (κ1) is 24.0. The fourth-order valence-corrected chi connectivity index (χ4v) is 5.26. The van der Waals surface area contributed by atoms with Crippen LogP contribution < -0.4 is 5.32 Å². The van der Waals surface area contributed by atoms with Gasteiger partial charge in [-0.05, 0) is 55.2 Å². The predicted molar refractivity (Wildman–Crippen MR) is 122 cm³/mol. The van der Waals surface area contributed by atoms with Gasteiger partial charge in [0.2, 0.25) is 15.9 Å². The maximum atomic E-state index is 13.5. The summed E-state index contributed by atoms with van der Waals surface area (Å²) in [6.07, 6.45) is 1.01. The lowest BCUT2D eigenvalue weighted by Gasteiger charge is -2.37. The van der Waals surface area contributed by atoms with E-state index >= 15 is 0 Å². The second-order valence-electron chi connectivity index (χ2n) is 7.87. The van der Waals surface area contributed by atoms with Gasteiger partial charge in [-0.25, -0.2) is 12.7 Å². The first-order chi connectivity index (χ1) is 14.6. The van der Waals surface area contributed by atoms with Crippen molar-refractivity contribution >= 4 is 39.1 Å². The van der Waals surface area contributed by atoms with Crippen LogP contribution in [0.5, 0.6) is 0 Å². The topological polar surface area (TPSA) is 75.7 Å². The number of nitrogens with zero attached hydrogens (tertiary/aromatic N) is 1. The highest BCUT2D eigenvalue weighted by atomic mass is 35.5. The van der Waals surface area contributed by atoms with E-state index in [1.807, 2.05) is 6.92 Å². The van der Waals surface area contributed by atoms with Crippen LogP contribution in [0.15, 0.2) is 47.4 Å². The number of amides is 1. The molecule has 3 rings (SSSR count). The standard InChI is InChI=1S/C22H26Cl2N2O4S/c1-15(16-4-7-18(8-5-16)31(28,29)26(2)3)25-21(27)22(10-12-30-13-11-22)19-9-6-17(23)14-20(19)24/h4-9,14-15H,10-13H2,1-3H3,(H,25,27). The molecular weight excluding hydrogens is 459 g/mol. The highest BCUT2D eigenvalue weighted by Gasteiger charge is 2.43. The van der Waals surface area contributed by atoms with Crippen LogP contribution in [0.1, 0.15) is 36.9 Å². The molecule has 31 heavy (non-hydrogen) atoms. The van der Waals surface area contributed by atoms with Gasteiger partial charge in [-0.1, -0.05) is 41.4 Å². The van der Waals surface area contributed by atoms with Crippen LogP contribution in [0.4, 0.5) is 0 Å². The average Bonchev–Trinajstić information content (AvgIpc) is 2.74. The van der Waals surface area contributed by atoms with Crippen molar-refractivity contribution in [2.75, 3.05) is 27.3 Å². The van der Waals surface area contributed by atoms with E-state index in [0.29, 0.717) is 36.1 Å². The number of carbonyl (C=O) groups is 1. The van der Waals surface area contributed by atoms with Crippen LogP contribution in [0.3, 0.4) is 0 Å². The number of hydrogen-bond acceptors (Lipinski definition) is 4. The van der Waals surface area contributed by atoms with Crippen molar-refractivity contribution in [3.63, 3.8) is 0 Å². The Kier molecular flexibility index (Phi) is 7.33. The first-order valence-electron chi connectivity index (χ1n) is 9.95. The molecule has 168 valence electrons. The number of ether oxygens (including phenoxy) is 1. The van der Waals surface area contributed by atoms with E-state index < -0.39 is 15.4 Å². The molecule has 1 aliphatic rings. The molecule has 1 saturated heterocycles. The zero-order valence-electron chi connectivity index (χ0n) is 17.7. The summed E-state index contributed by atoms with van der Waals surface area (Å²) in [4.78, 5) is 13.7. The van der Waals surface area contributed by atoms with Crippen molar-refractivity contribution in [1.29, 1.82) is 0 Å². The number of carbonyl (C=O) groups excluding carboxylic acids is 1. The third-order valence-electron chi connectivity index (χ3n) is 5.73. The lowest BCUT2D eigenvalue weighted by molar-refractivity contribution is -0.131. The normalized spacial score (nSPS) is 17.4. The zero-order valence-corrected chi connectivity index (χ0v) is 20.0. The summed E-state index contributed by atoms with van der Waals surface area (Å²) in [5.41, 5.74) is 0.719. The van der Waals surface area contributed by atoms with Gasteiger partial charge in [-0.2, -0.15) is 0 Å². The third-order valence-corrected chi connectivity index (χ3v) is 8.11. The molecule has 1 unspecified atom stereocenters. The summed E-state index contributed by atoms with van der Waals surface area (Å²) in [5.74, 6) is -0.141. The number of benzene rings is 2. The summed E-state index contributed by atoms with van der Waals surface area (Å²) in [6.45, 7) is 2.78. The van der Waals surface area contributed by atoms with Crippen molar-refractivity contribution in [2.24, 2.45) is 0 Å². The minimum atomic E-state index is -3.51. The molecule has 1 aliphatic heterocycles. The van der Waals surface area contributed by atoms with Crippen LogP contribution in [0.25, 0.3) is 0 Å². The van der Waals surface area contributed by atoms with E-state index in [9.17, 15) is 13.2 Å². The third kappa shape index (κ3) is 4.91. The Balaban J connectivity index is 1.85. The van der Waals surface area contributed by atoms with Crippen molar-refractivity contribution in [3.8, 4) is 0 Å². The summed E-state index contributed by atoms with van der Waals surface area (Å²) >= 11 is 12.5. The van der Waals surface area contributed by atoms with E-state index in [-0.39, 0.29) is 16.8 Å². The Labute approximate surface area is 193 Å². The Morgan fingerprint density at radius 3 is 2.26 bits per heavy atom. The Morgan fingerprint density at radius 1 is 1.10 bits per heavy atom. The fraction of sp³-hybridized carbons (Fsp3) is 0.409. The second kappa shape index (κ2) is 9.46. The minimum absolute atomic E-state index is 0.141. The Bertz CT molecular complexity index is 1050. The lowest BCUT2D eigenvalue weighted by Crippen LogP contribution is -2.48. The monoisotopic (exact) mass is 484 g/mol. The average molecular weight is 485 g/mol. The van der Waals surface area contributed by atoms with Crippen LogP contribution in [-0.2, 0) is 25.0 Å². The van der Waals surface area contributed by atoms with Crippen molar-refractivity contribution < 1.29 is 17.9 Å². The molecular formula is C22H26Cl2N2O4S. The largest absolute Gasteiger partial charge is 0.381 e.